The Hall–Kier alpha value is -0.120. The number of nitrogens with zero attached hydrogens (tertiary/aromatic N) is 1. The van der Waals surface area contributed by atoms with Crippen molar-refractivity contribution in [2.24, 2.45) is 11.7 Å². The lowest BCUT2D eigenvalue weighted by atomic mass is 10.1. The summed E-state index contributed by atoms with van der Waals surface area (Å²) in [6.45, 7) is 2.71. The van der Waals surface area contributed by atoms with Gasteiger partial charge in [-0.2, -0.15) is 0 Å². The van der Waals surface area contributed by atoms with Crippen LogP contribution in [0, 0.1) is 5.92 Å². The van der Waals surface area contributed by atoms with Crippen LogP contribution in [0.3, 0.4) is 0 Å². The summed E-state index contributed by atoms with van der Waals surface area (Å²) in [5.74, 6) is 0.716. The molecule has 3 nitrogen and oxygen atoms in total. The fraction of sp³-hybridized carbons (Fsp3) is 1.00. The Bertz CT molecular complexity index is 186. The number of likely N-dealkylation sites (tertiary alicyclic amines) is 1. The number of rotatable bonds is 3. The van der Waals surface area contributed by atoms with E-state index in [2.05, 4.69) is 4.90 Å². The second kappa shape index (κ2) is 4.60. The molecule has 1 saturated heterocycles. The van der Waals surface area contributed by atoms with Crippen LogP contribution in [0.5, 0.6) is 0 Å². The van der Waals surface area contributed by atoms with Crippen LogP contribution < -0.4 is 5.73 Å². The molecule has 3 heteroatoms. The smallest absolute Gasteiger partial charge is 0.0434 e. The summed E-state index contributed by atoms with van der Waals surface area (Å²) in [6.07, 6.45) is 6.01. The molecular formula is C11H22N2O. The Morgan fingerprint density at radius 3 is 2.79 bits per heavy atom. The van der Waals surface area contributed by atoms with Crippen molar-refractivity contribution in [1.82, 2.24) is 4.90 Å². The van der Waals surface area contributed by atoms with E-state index in [9.17, 15) is 0 Å². The summed E-state index contributed by atoms with van der Waals surface area (Å²) in [6, 6.07) is 1.04. The second-order valence-corrected chi connectivity index (χ2v) is 4.82. The van der Waals surface area contributed by atoms with Crippen LogP contribution in [-0.4, -0.2) is 41.8 Å². The topological polar surface area (TPSA) is 49.5 Å². The highest BCUT2D eigenvalue weighted by atomic mass is 16.3. The predicted molar refractivity (Wildman–Crippen MR) is 57.0 cm³/mol. The minimum Gasteiger partial charge on any atom is -0.396 e. The summed E-state index contributed by atoms with van der Waals surface area (Å²) in [7, 11) is 0. The maximum absolute atomic E-state index is 8.89. The summed E-state index contributed by atoms with van der Waals surface area (Å²) < 4.78 is 0. The zero-order chi connectivity index (χ0) is 9.97. The van der Waals surface area contributed by atoms with Crippen LogP contribution in [0.25, 0.3) is 0 Å². The van der Waals surface area contributed by atoms with Gasteiger partial charge >= 0.3 is 0 Å². The lowest BCUT2D eigenvalue weighted by Gasteiger charge is -2.27. The molecule has 1 saturated carbocycles. The number of hydrogen-bond donors (Lipinski definition) is 2. The lowest BCUT2D eigenvalue weighted by molar-refractivity contribution is 0.208. The van der Waals surface area contributed by atoms with Gasteiger partial charge in [-0.1, -0.05) is 6.42 Å². The van der Waals surface area contributed by atoms with Gasteiger partial charge < -0.3 is 10.8 Å². The molecule has 2 rings (SSSR count). The molecule has 3 atom stereocenters. The molecule has 14 heavy (non-hydrogen) atoms. The van der Waals surface area contributed by atoms with Crippen molar-refractivity contribution in [2.45, 2.75) is 44.2 Å². The van der Waals surface area contributed by atoms with E-state index in [4.69, 9.17) is 10.8 Å². The standard InChI is InChI=1S/C11H22N2O/c12-10-2-1-3-11(10)13-6-4-9(8-13)5-7-14/h9-11,14H,1-8,12H2. The van der Waals surface area contributed by atoms with Crippen LogP contribution in [-0.2, 0) is 0 Å². The van der Waals surface area contributed by atoms with Crippen LogP contribution in [0.1, 0.15) is 32.1 Å². The lowest BCUT2D eigenvalue weighted by Crippen LogP contribution is -2.43. The maximum atomic E-state index is 8.89. The monoisotopic (exact) mass is 198 g/mol. The van der Waals surface area contributed by atoms with Crippen molar-refractivity contribution in [1.29, 1.82) is 0 Å². The van der Waals surface area contributed by atoms with Gasteiger partial charge in [0, 0.05) is 25.2 Å². The highest BCUT2D eigenvalue weighted by Crippen LogP contribution is 2.28. The SMILES string of the molecule is NC1CCCC1N1CCC(CCO)C1. The first kappa shape index (κ1) is 10.4. The third-order valence-electron chi connectivity index (χ3n) is 3.86. The van der Waals surface area contributed by atoms with E-state index in [1.54, 1.807) is 0 Å². The minimum atomic E-state index is 0.342. The van der Waals surface area contributed by atoms with Crippen molar-refractivity contribution < 1.29 is 5.11 Å². The number of aliphatic hydroxyl groups is 1. The summed E-state index contributed by atoms with van der Waals surface area (Å²) in [5, 5.41) is 8.89. The van der Waals surface area contributed by atoms with Crippen molar-refractivity contribution in [3.63, 3.8) is 0 Å². The third-order valence-corrected chi connectivity index (χ3v) is 3.86. The summed E-state index contributed by atoms with van der Waals surface area (Å²) in [5.41, 5.74) is 6.09. The molecule has 0 radical (unpaired) electrons. The van der Waals surface area contributed by atoms with E-state index in [-0.39, 0.29) is 0 Å². The molecular weight excluding hydrogens is 176 g/mol. The van der Waals surface area contributed by atoms with Crippen molar-refractivity contribution in [2.75, 3.05) is 19.7 Å². The fourth-order valence-corrected chi connectivity index (χ4v) is 3.00. The molecule has 82 valence electrons. The zero-order valence-electron chi connectivity index (χ0n) is 8.86. The van der Waals surface area contributed by atoms with Gasteiger partial charge in [-0.25, -0.2) is 0 Å². The Labute approximate surface area is 86.3 Å². The van der Waals surface area contributed by atoms with E-state index in [1.165, 1.54) is 38.8 Å². The average molecular weight is 198 g/mol. The molecule has 3 N–H and O–H groups in total. The van der Waals surface area contributed by atoms with Gasteiger partial charge in [0.2, 0.25) is 0 Å². The molecule has 1 aliphatic carbocycles. The van der Waals surface area contributed by atoms with Gasteiger partial charge in [-0.15, -0.1) is 0 Å². The van der Waals surface area contributed by atoms with E-state index < -0.39 is 0 Å². The fourth-order valence-electron chi connectivity index (χ4n) is 3.00. The van der Waals surface area contributed by atoms with Crippen molar-refractivity contribution >= 4 is 0 Å². The summed E-state index contributed by atoms with van der Waals surface area (Å²) >= 11 is 0. The molecule has 0 aromatic heterocycles. The molecule has 2 fully saturated rings. The first-order valence-electron chi connectivity index (χ1n) is 5.91. The molecule has 2 aliphatic rings. The van der Waals surface area contributed by atoms with Crippen LogP contribution in [0.15, 0.2) is 0 Å². The minimum absolute atomic E-state index is 0.342. The van der Waals surface area contributed by atoms with Crippen molar-refractivity contribution in [3.05, 3.63) is 0 Å². The molecule has 0 amide bonds. The average Bonchev–Trinajstić information content (AvgIpc) is 2.74. The Morgan fingerprint density at radius 2 is 2.14 bits per heavy atom. The van der Waals surface area contributed by atoms with Gasteiger partial charge in [0.05, 0.1) is 0 Å². The first-order chi connectivity index (χ1) is 6.81. The van der Waals surface area contributed by atoms with Crippen LogP contribution in [0.4, 0.5) is 0 Å². The third kappa shape index (κ3) is 2.10. The number of hydrogen-bond acceptors (Lipinski definition) is 3. The summed E-state index contributed by atoms with van der Waals surface area (Å²) in [4.78, 5) is 2.55. The molecule has 1 heterocycles. The molecule has 0 spiro atoms. The van der Waals surface area contributed by atoms with Gasteiger partial charge in [-0.3, -0.25) is 4.90 Å². The molecule has 0 bridgehead atoms. The van der Waals surface area contributed by atoms with E-state index >= 15 is 0 Å². The van der Waals surface area contributed by atoms with Crippen molar-refractivity contribution in [3.8, 4) is 0 Å². The maximum Gasteiger partial charge on any atom is 0.0434 e. The highest BCUT2D eigenvalue weighted by Gasteiger charge is 2.33. The van der Waals surface area contributed by atoms with E-state index in [0.717, 1.165) is 6.42 Å². The quantitative estimate of drug-likeness (QED) is 0.697. The molecule has 3 unspecified atom stereocenters. The van der Waals surface area contributed by atoms with E-state index in [1.807, 2.05) is 0 Å². The highest BCUT2D eigenvalue weighted by molar-refractivity contribution is 4.91. The first-order valence-corrected chi connectivity index (χ1v) is 5.91. The Kier molecular flexibility index (Phi) is 3.42. The number of aliphatic hydroxyl groups excluding tert-OH is 1. The van der Waals surface area contributed by atoms with Crippen LogP contribution in [0.2, 0.25) is 0 Å². The number of nitrogens with two attached hydrogens (primary N) is 1. The normalized spacial score (nSPS) is 39.4. The molecule has 1 aliphatic heterocycles. The van der Waals surface area contributed by atoms with Gasteiger partial charge in [0.1, 0.15) is 0 Å². The molecule has 0 aromatic carbocycles. The van der Waals surface area contributed by atoms with Gasteiger partial charge in [0.25, 0.3) is 0 Å². The predicted octanol–water partition coefficient (Wildman–Crippen LogP) is 0.570. The zero-order valence-corrected chi connectivity index (χ0v) is 8.86. The Morgan fingerprint density at radius 1 is 1.29 bits per heavy atom. The molecule has 0 aromatic rings. The largest absolute Gasteiger partial charge is 0.396 e. The van der Waals surface area contributed by atoms with E-state index in [0.29, 0.717) is 24.6 Å². The Balaban J connectivity index is 1.82. The van der Waals surface area contributed by atoms with Gasteiger partial charge in [0.15, 0.2) is 0 Å². The second-order valence-electron chi connectivity index (χ2n) is 4.82. The van der Waals surface area contributed by atoms with Gasteiger partial charge in [-0.05, 0) is 38.1 Å². The van der Waals surface area contributed by atoms with Crippen LogP contribution >= 0.6 is 0 Å².